The number of aromatic nitrogens is 1. The minimum absolute atomic E-state index is 0.164. The van der Waals surface area contributed by atoms with Gasteiger partial charge in [0.1, 0.15) is 0 Å². The van der Waals surface area contributed by atoms with E-state index in [-0.39, 0.29) is 5.41 Å². The normalized spacial score (nSPS) is 11.2. The summed E-state index contributed by atoms with van der Waals surface area (Å²) in [6, 6.07) is 12.8. The van der Waals surface area contributed by atoms with Crippen molar-refractivity contribution < 1.29 is 0 Å². The fraction of sp³-hybridized carbons (Fsp3) is 0.333. The molecule has 0 amide bonds. The Hall–Kier alpha value is -2.14. The third-order valence-corrected chi connectivity index (χ3v) is 3.44. The molecule has 1 aromatic heterocycles. The van der Waals surface area contributed by atoms with Crippen molar-refractivity contribution in [2.75, 3.05) is 0 Å². The molecule has 0 N–H and O–H groups in total. The molecule has 0 radical (unpaired) electrons. The van der Waals surface area contributed by atoms with Crippen LogP contribution in [-0.2, 0) is 11.8 Å². The quantitative estimate of drug-likeness (QED) is 0.805. The molecule has 0 fully saturated rings. The molecule has 0 aliphatic heterocycles. The Morgan fingerprint density at radius 2 is 1.80 bits per heavy atom. The van der Waals surface area contributed by atoms with E-state index in [1.807, 2.05) is 13.0 Å². The van der Waals surface area contributed by atoms with Crippen molar-refractivity contribution in [3.63, 3.8) is 0 Å². The van der Waals surface area contributed by atoms with E-state index in [1.165, 1.54) is 5.56 Å². The van der Waals surface area contributed by atoms with Crippen LogP contribution in [0.25, 0.3) is 11.3 Å². The van der Waals surface area contributed by atoms with Gasteiger partial charge < -0.3 is 0 Å². The molecule has 0 atom stereocenters. The molecule has 1 aromatic carbocycles. The number of hydrogen-bond acceptors (Lipinski definition) is 2. The van der Waals surface area contributed by atoms with Crippen molar-refractivity contribution in [1.29, 1.82) is 5.26 Å². The second-order valence-corrected chi connectivity index (χ2v) is 6.17. The van der Waals surface area contributed by atoms with Crippen LogP contribution in [0.3, 0.4) is 0 Å². The van der Waals surface area contributed by atoms with Crippen LogP contribution in [0.15, 0.2) is 36.5 Å². The highest BCUT2D eigenvalue weighted by atomic mass is 14.7. The van der Waals surface area contributed by atoms with E-state index in [9.17, 15) is 0 Å². The Labute approximate surface area is 121 Å². The zero-order chi connectivity index (χ0) is 14.8. The van der Waals surface area contributed by atoms with Gasteiger partial charge in [-0.1, -0.05) is 51.1 Å². The molecule has 0 aliphatic rings. The van der Waals surface area contributed by atoms with Crippen molar-refractivity contribution in [3.05, 3.63) is 53.2 Å². The van der Waals surface area contributed by atoms with Gasteiger partial charge in [-0.2, -0.15) is 5.26 Å². The van der Waals surface area contributed by atoms with Crippen LogP contribution in [0.5, 0.6) is 0 Å². The zero-order valence-corrected chi connectivity index (χ0v) is 12.6. The van der Waals surface area contributed by atoms with Crippen LogP contribution >= 0.6 is 0 Å². The molecule has 0 unspecified atom stereocenters. The summed E-state index contributed by atoms with van der Waals surface area (Å²) >= 11 is 0. The second-order valence-electron chi connectivity index (χ2n) is 6.17. The SMILES string of the molecule is Cc1cc(CC#N)cnc1-c1ccc(C(C)(C)C)cc1. The molecule has 0 saturated heterocycles. The highest BCUT2D eigenvalue weighted by molar-refractivity contribution is 5.63. The molecule has 2 rings (SSSR count). The van der Waals surface area contributed by atoms with Gasteiger partial charge in [-0.25, -0.2) is 0 Å². The topological polar surface area (TPSA) is 36.7 Å². The Morgan fingerprint density at radius 3 is 2.30 bits per heavy atom. The molecular weight excluding hydrogens is 244 g/mol. The third kappa shape index (κ3) is 3.05. The second kappa shape index (κ2) is 5.46. The Bertz CT molecular complexity index is 641. The van der Waals surface area contributed by atoms with Crippen LogP contribution < -0.4 is 0 Å². The van der Waals surface area contributed by atoms with Gasteiger partial charge in [0.05, 0.1) is 18.2 Å². The molecule has 0 bridgehead atoms. The summed E-state index contributed by atoms with van der Waals surface area (Å²) in [6.07, 6.45) is 2.21. The standard InChI is InChI=1S/C18H20N2/c1-13-11-14(9-10-19)12-20-17(13)15-5-7-16(8-6-15)18(2,3)4/h5-8,11-12H,9H2,1-4H3. The number of benzene rings is 1. The lowest BCUT2D eigenvalue weighted by atomic mass is 9.86. The van der Waals surface area contributed by atoms with Crippen molar-refractivity contribution in [3.8, 4) is 17.3 Å². The predicted molar refractivity (Wildman–Crippen MR) is 82.4 cm³/mol. The van der Waals surface area contributed by atoms with Crippen LogP contribution in [0, 0.1) is 18.3 Å². The first-order valence-electron chi connectivity index (χ1n) is 6.85. The summed E-state index contributed by atoms with van der Waals surface area (Å²) in [7, 11) is 0. The summed E-state index contributed by atoms with van der Waals surface area (Å²) in [5.74, 6) is 0. The smallest absolute Gasteiger partial charge is 0.0731 e. The van der Waals surface area contributed by atoms with Gasteiger partial charge in [-0.3, -0.25) is 4.98 Å². The Balaban J connectivity index is 2.35. The van der Waals surface area contributed by atoms with Crippen LogP contribution in [0.4, 0.5) is 0 Å². The Morgan fingerprint density at radius 1 is 1.15 bits per heavy atom. The number of rotatable bonds is 2. The highest BCUT2D eigenvalue weighted by Gasteiger charge is 2.13. The van der Waals surface area contributed by atoms with Gasteiger partial charge in [0.25, 0.3) is 0 Å². The lowest BCUT2D eigenvalue weighted by Crippen LogP contribution is -2.10. The van der Waals surface area contributed by atoms with Gasteiger partial charge in [0, 0.05) is 11.8 Å². The minimum atomic E-state index is 0.164. The number of hydrogen-bond donors (Lipinski definition) is 0. The van der Waals surface area contributed by atoms with Gasteiger partial charge in [-0.15, -0.1) is 0 Å². The highest BCUT2D eigenvalue weighted by Crippen LogP contribution is 2.27. The van der Waals surface area contributed by atoms with Crippen LogP contribution in [0.1, 0.15) is 37.5 Å². The summed E-state index contributed by atoms with van der Waals surface area (Å²) in [4.78, 5) is 4.51. The number of nitrogens with zero attached hydrogens (tertiary/aromatic N) is 2. The molecule has 20 heavy (non-hydrogen) atoms. The third-order valence-electron chi connectivity index (χ3n) is 3.44. The van der Waals surface area contributed by atoms with E-state index in [0.717, 1.165) is 22.4 Å². The monoisotopic (exact) mass is 264 g/mol. The molecule has 0 aliphatic carbocycles. The van der Waals surface area contributed by atoms with Gasteiger partial charge in [-0.05, 0) is 29.0 Å². The average Bonchev–Trinajstić information content (AvgIpc) is 2.38. The molecule has 2 nitrogen and oxygen atoms in total. The van der Waals surface area contributed by atoms with Gasteiger partial charge in [0.2, 0.25) is 0 Å². The summed E-state index contributed by atoms with van der Waals surface area (Å²) in [6.45, 7) is 8.67. The van der Waals surface area contributed by atoms with Crippen LogP contribution in [0.2, 0.25) is 0 Å². The maximum absolute atomic E-state index is 8.73. The van der Waals surface area contributed by atoms with E-state index in [4.69, 9.17) is 5.26 Å². The van der Waals surface area contributed by atoms with Crippen molar-refractivity contribution in [1.82, 2.24) is 4.98 Å². The molecule has 1 heterocycles. The van der Waals surface area contributed by atoms with E-state index < -0.39 is 0 Å². The number of pyridine rings is 1. The van der Waals surface area contributed by atoms with Crippen molar-refractivity contribution in [2.45, 2.75) is 39.5 Å². The first-order chi connectivity index (χ1) is 9.41. The van der Waals surface area contributed by atoms with E-state index in [1.54, 1.807) is 6.20 Å². The summed E-state index contributed by atoms with van der Waals surface area (Å²) < 4.78 is 0. The van der Waals surface area contributed by atoms with E-state index >= 15 is 0 Å². The number of nitriles is 1. The lowest BCUT2D eigenvalue weighted by Gasteiger charge is -2.19. The van der Waals surface area contributed by atoms with Crippen molar-refractivity contribution in [2.24, 2.45) is 0 Å². The zero-order valence-electron chi connectivity index (χ0n) is 12.6. The van der Waals surface area contributed by atoms with Gasteiger partial charge >= 0.3 is 0 Å². The van der Waals surface area contributed by atoms with E-state index in [0.29, 0.717) is 6.42 Å². The minimum Gasteiger partial charge on any atom is -0.256 e. The maximum Gasteiger partial charge on any atom is 0.0731 e. The largest absolute Gasteiger partial charge is 0.256 e. The van der Waals surface area contributed by atoms with Gasteiger partial charge in [0.15, 0.2) is 0 Å². The average molecular weight is 264 g/mol. The molecular formula is C18H20N2. The molecule has 102 valence electrons. The lowest BCUT2D eigenvalue weighted by molar-refractivity contribution is 0.590. The predicted octanol–water partition coefficient (Wildman–Crippen LogP) is 4.42. The molecule has 2 heteroatoms. The van der Waals surface area contributed by atoms with Crippen LogP contribution in [-0.4, -0.2) is 4.98 Å². The first-order valence-corrected chi connectivity index (χ1v) is 6.85. The maximum atomic E-state index is 8.73. The fourth-order valence-corrected chi connectivity index (χ4v) is 2.25. The number of aryl methyl sites for hydroxylation is 1. The molecule has 0 saturated carbocycles. The van der Waals surface area contributed by atoms with E-state index in [2.05, 4.69) is 56.1 Å². The first kappa shape index (κ1) is 14.3. The van der Waals surface area contributed by atoms with Crippen molar-refractivity contribution >= 4 is 0 Å². The Kier molecular flexibility index (Phi) is 3.90. The summed E-state index contributed by atoms with van der Waals surface area (Å²) in [5, 5.41) is 8.73. The fourth-order valence-electron chi connectivity index (χ4n) is 2.25. The molecule has 2 aromatic rings. The summed E-state index contributed by atoms with van der Waals surface area (Å²) in [5.41, 5.74) is 5.69. The molecule has 0 spiro atoms.